The van der Waals surface area contributed by atoms with Gasteiger partial charge in [0.1, 0.15) is 5.82 Å². The highest BCUT2D eigenvalue weighted by atomic mass is 35.5. The van der Waals surface area contributed by atoms with Crippen LogP contribution >= 0.6 is 11.6 Å². The van der Waals surface area contributed by atoms with Crippen LogP contribution in [0.1, 0.15) is 33.6 Å². The summed E-state index contributed by atoms with van der Waals surface area (Å²) < 4.78 is 26.5. The zero-order valence-electron chi connectivity index (χ0n) is 13.3. The maximum atomic E-state index is 13.2. The molecule has 2 rings (SSSR count). The number of carbonyl (C=O) groups is 1. The van der Waals surface area contributed by atoms with Crippen molar-refractivity contribution in [3.05, 3.63) is 17.3 Å². The van der Waals surface area contributed by atoms with Crippen molar-refractivity contribution in [1.29, 1.82) is 0 Å². The molecule has 1 aliphatic heterocycles. The molecule has 0 saturated carbocycles. The van der Waals surface area contributed by atoms with Gasteiger partial charge in [0.2, 0.25) is 0 Å². The molecule has 1 aromatic heterocycles. The summed E-state index contributed by atoms with van der Waals surface area (Å²) in [4.78, 5) is 18.5. The van der Waals surface area contributed by atoms with E-state index in [1.54, 1.807) is 25.7 Å². The standard InChI is InChI=1S/C15H20ClF2N3O2/c1-14(2,3)21(13(22)23)12-8-10(16)11(9-19-12)20-6-4-15(17,18)5-7-20/h8-9H,4-7H2,1-3H3,(H,22,23). The first-order chi connectivity index (χ1) is 10.5. The number of piperidine rings is 1. The SMILES string of the molecule is CC(C)(C)N(C(=O)O)c1cc(Cl)c(N2CCC(F)(F)CC2)cn1. The second kappa shape index (κ2) is 6.11. The van der Waals surface area contributed by atoms with Crippen LogP contribution in [0.2, 0.25) is 5.02 Å². The van der Waals surface area contributed by atoms with Crippen LogP contribution in [0.25, 0.3) is 0 Å². The quantitative estimate of drug-likeness (QED) is 0.868. The Morgan fingerprint density at radius 1 is 1.39 bits per heavy atom. The molecule has 0 spiro atoms. The van der Waals surface area contributed by atoms with Gasteiger partial charge in [-0.3, -0.25) is 4.90 Å². The molecule has 5 nitrogen and oxygen atoms in total. The molecule has 1 amide bonds. The number of carboxylic acid groups (broad SMARTS) is 1. The summed E-state index contributed by atoms with van der Waals surface area (Å²) in [6, 6.07) is 1.46. The number of halogens is 3. The van der Waals surface area contributed by atoms with Crippen LogP contribution in [-0.4, -0.2) is 40.7 Å². The summed E-state index contributed by atoms with van der Waals surface area (Å²) >= 11 is 6.24. The summed E-state index contributed by atoms with van der Waals surface area (Å²) in [5.41, 5.74) is -0.137. The van der Waals surface area contributed by atoms with Crippen molar-refractivity contribution in [1.82, 2.24) is 4.98 Å². The fourth-order valence-corrected chi connectivity index (χ4v) is 2.84. The average Bonchev–Trinajstić information content (AvgIpc) is 2.37. The van der Waals surface area contributed by atoms with Gasteiger partial charge >= 0.3 is 6.09 Å². The lowest BCUT2D eigenvalue weighted by Crippen LogP contribution is -2.45. The predicted octanol–water partition coefficient (Wildman–Crippen LogP) is 4.25. The van der Waals surface area contributed by atoms with Crippen molar-refractivity contribution in [3.63, 3.8) is 0 Å². The van der Waals surface area contributed by atoms with E-state index in [0.29, 0.717) is 10.7 Å². The van der Waals surface area contributed by atoms with Gasteiger partial charge in [0.15, 0.2) is 0 Å². The van der Waals surface area contributed by atoms with Crippen LogP contribution < -0.4 is 9.80 Å². The first-order valence-corrected chi connectivity index (χ1v) is 7.70. The van der Waals surface area contributed by atoms with Crippen LogP contribution in [0.3, 0.4) is 0 Å². The molecular formula is C15H20ClF2N3O2. The minimum atomic E-state index is -2.64. The maximum Gasteiger partial charge on any atom is 0.413 e. The van der Waals surface area contributed by atoms with E-state index in [0.717, 1.165) is 4.90 Å². The number of pyridine rings is 1. The van der Waals surface area contributed by atoms with Crippen LogP contribution in [0.4, 0.5) is 25.1 Å². The number of nitrogens with zero attached hydrogens (tertiary/aromatic N) is 3. The number of amides is 1. The molecule has 1 aliphatic rings. The molecule has 0 radical (unpaired) electrons. The van der Waals surface area contributed by atoms with Crippen molar-refractivity contribution in [3.8, 4) is 0 Å². The Balaban J connectivity index is 2.26. The lowest BCUT2D eigenvalue weighted by atomic mass is 10.1. The molecule has 1 fully saturated rings. The van der Waals surface area contributed by atoms with Crippen LogP contribution in [0.15, 0.2) is 12.3 Å². The van der Waals surface area contributed by atoms with E-state index in [-0.39, 0.29) is 31.7 Å². The summed E-state index contributed by atoms with van der Waals surface area (Å²) in [6.45, 7) is 5.62. The van der Waals surface area contributed by atoms with Gasteiger partial charge in [-0.25, -0.2) is 18.6 Å². The summed E-state index contributed by atoms with van der Waals surface area (Å²) in [7, 11) is 0. The third-order valence-electron chi connectivity index (χ3n) is 3.75. The lowest BCUT2D eigenvalue weighted by Gasteiger charge is -2.35. The molecule has 128 valence electrons. The molecule has 1 saturated heterocycles. The lowest BCUT2D eigenvalue weighted by molar-refractivity contribution is -0.0220. The van der Waals surface area contributed by atoms with Crippen LogP contribution in [-0.2, 0) is 0 Å². The number of alkyl halides is 2. The highest BCUT2D eigenvalue weighted by molar-refractivity contribution is 6.33. The van der Waals surface area contributed by atoms with E-state index in [1.165, 1.54) is 12.3 Å². The Bertz CT molecular complexity index is 595. The first-order valence-electron chi connectivity index (χ1n) is 7.33. The zero-order valence-corrected chi connectivity index (χ0v) is 14.1. The number of hydrogen-bond acceptors (Lipinski definition) is 3. The smallest absolute Gasteiger partial charge is 0.413 e. The second-order valence-corrected chi connectivity index (χ2v) is 7.03. The first kappa shape index (κ1) is 17.7. The third-order valence-corrected chi connectivity index (χ3v) is 4.05. The van der Waals surface area contributed by atoms with E-state index in [1.807, 2.05) is 0 Å². The highest BCUT2D eigenvalue weighted by Crippen LogP contribution is 2.35. The molecule has 2 heterocycles. The van der Waals surface area contributed by atoms with Gasteiger partial charge in [0.05, 0.1) is 16.9 Å². The largest absolute Gasteiger partial charge is 0.465 e. The minimum Gasteiger partial charge on any atom is -0.465 e. The Hall–Kier alpha value is -1.63. The van der Waals surface area contributed by atoms with Gasteiger partial charge in [-0.15, -0.1) is 0 Å². The van der Waals surface area contributed by atoms with E-state index in [2.05, 4.69) is 4.98 Å². The fraction of sp³-hybridized carbons (Fsp3) is 0.600. The molecule has 0 atom stereocenters. The van der Waals surface area contributed by atoms with Crippen molar-refractivity contribution < 1.29 is 18.7 Å². The monoisotopic (exact) mass is 347 g/mol. The third kappa shape index (κ3) is 4.02. The number of anilines is 2. The molecule has 0 aliphatic carbocycles. The van der Waals surface area contributed by atoms with E-state index < -0.39 is 17.6 Å². The average molecular weight is 348 g/mol. The van der Waals surface area contributed by atoms with Crippen molar-refractivity contribution in [2.75, 3.05) is 22.9 Å². The molecule has 1 aromatic rings. The van der Waals surface area contributed by atoms with E-state index in [4.69, 9.17) is 11.6 Å². The Kier molecular flexibility index (Phi) is 4.71. The molecule has 1 N–H and O–H groups in total. The molecule has 23 heavy (non-hydrogen) atoms. The second-order valence-electron chi connectivity index (χ2n) is 6.63. The zero-order chi connectivity index (χ0) is 17.4. The normalized spacial score (nSPS) is 17.9. The fourth-order valence-electron chi connectivity index (χ4n) is 2.57. The van der Waals surface area contributed by atoms with Crippen LogP contribution in [0, 0.1) is 0 Å². The van der Waals surface area contributed by atoms with Crippen molar-refractivity contribution >= 4 is 29.2 Å². The van der Waals surface area contributed by atoms with Gasteiger partial charge in [-0.1, -0.05) is 11.6 Å². The number of aromatic nitrogens is 1. The van der Waals surface area contributed by atoms with E-state index >= 15 is 0 Å². The molecule has 8 heteroatoms. The van der Waals surface area contributed by atoms with Crippen molar-refractivity contribution in [2.45, 2.75) is 45.1 Å². The Morgan fingerprint density at radius 2 is 1.96 bits per heavy atom. The molecule has 0 bridgehead atoms. The molecule has 0 unspecified atom stereocenters. The van der Waals surface area contributed by atoms with Gasteiger partial charge in [-0.05, 0) is 20.8 Å². The highest BCUT2D eigenvalue weighted by Gasteiger charge is 2.35. The summed E-state index contributed by atoms with van der Waals surface area (Å²) in [5, 5.41) is 9.68. The maximum absolute atomic E-state index is 13.2. The Morgan fingerprint density at radius 3 is 2.39 bits per heavy atom. The van der Waals surface area contributed by atoms with Gasteiger partial charge in [0.25, 0.3) is 5.92 Å². The minimum absolute atomic E-state index is 0.190. The van der Waals surface area contributed by atoms with Crippen molar-refractivity contribution in [2.24, 2.45) is 0 Å². The molecule has 0 aromatic carbocycles. The topological polar surface area (TPSA) is 56.7 Å². The summed E-state index contributed by atoms with van der Waals surface area (Å²) in [5.74, 6) is -2.43. The predicted molar refractivity (Wildman–Crippen MR) is 85.9 cm³/mol. The number of rotatable bonds is 2. The van der Waals surface area contributed by atoms with Gasteiger partial charge < -0.3 is 10.0 Å². The van der Waals surface area contributed by atoms with Crippen LogP contribution in [0.5, 0.6) is 0 Å². The van der Waals surface area contributed by atoms with Gasteiger partial charge in [0, 0.05) is 37.5 Å². The Labute approximate surface area is 138 Å². The molecular weight excluding hydrogens is 328 g/mol. The number of hydrogen-bond donors (Lipinski definition) is 1. The van der Waals surface area contributed by atoms with Gasteiger partial charge in [-0.2, -0.15) is 0 Å². The summed E-state index contributed by atoms with van der Waals surface area (Å²) in [6.07, 6.45) is -0.141. The van der Waals surface area contributed by atoms with E-state index in [9.17, 15) is 18.7 Å².